The molecule has 0 atom stereocenters. The van der Waals surface area contributed by atoms with E-state index in [1.54, 1.807) is 13.0 Å². The van der Waals surface area contributed by atoms with Crippen LogP contribution in [0.1, 0.15) is 16.7 Å². The fourth-order valence-electron chi connectivity index (χ4n) is 2.05. The lowest BCUT2D eigenvalue weighted by molar-refractivity contribution is -0.384. The van der Waals surface area contributed by atoms with Crippen molar-refractivity contribution in [1.82, 2.24) is 5.32 Å². The SMILES string of the molecule is CNCc1ccc(C)c(Oc2ccc([N+](=O)[O-])cc2C)c1. The average Bonchev–Trinajstić information content (AvgIpc) is 2.44. The van der Waals surface area contributed by atoms with Gasteiger partial charge in [-0.1, -0.05) is 12.1 Å². The van der Waals surface area contributed by atoms with Crippen LogP contribution >= 0.6 is 0 Å². The number of nitrogens with zero attached hydrogens (tertiary/aromatic N) is 1. The standard InChI is InChI=1S/C16H18N2O3/c1-11-4-5-13(10-17-3)9-16(11)21-15-7-6-14(18(19)20)8-12(15)2/h4-9,17H,10H2,1-3H3. The number of nitro groups is 1. The molecule has 0 aliphatic heterocycles. The Morgan fingerprint density at radius 1 is 1.10 bits per heavy atom. The van der Waals surface area contributed by atoms with Gasteiger partial charge in [0.25, 0.3) is 5.69 Å². The molecule has 0 fully saturated rings. The van der Waals surface area contributed by atoms with Crippen molar-refractivity contribution in [2.75, 3.05) is 7.05 Å². The van der Waals surface area contributed by atoms with Crippen LogP contribution in [0.2, 0.25) is 0 Å². The van der Waals surface area contributed by atoms with Crippen LogP contribution in [0, 0.1) is 24.0 Å². The summed E-state index contributed by atoms with van der Waals surface area (Å²) < 4.78 is 5.91. The van der Waals surface area contributed by atoms with Crippen molar-refractivity contribution in [1.29, 1.82) is 0 Å². The van der Waals surface area contributed by atoms with Gasteiger partial charge in [-0.05, 0) is 49.7 Å². The van der Waals surface area contributed by atoms with Gasteiger partial charge in [0.15, 0.2) is 0 Å². The van der Waals surface area contributed by atoms with Gasteiger partial charge in [-0.25, -0.2) is 0 Å². The summed E-state index contributed by atoms with van der Waals surface area (Å²) in [5, 5.41) is 13.8. The zero-order valence-electron chi connectivity index (χ0n) is 12.3. The van der Waals surface area contributed by atoms with Crippen molar-refractivity contribution in [3.8, 4) is 11.5 Å². The molecule has 5 nitrogen and oxygen atoms in total. The minimum absolute atomic E-state index is 0.0699. The van der Waals surface area contributed by atoms with E-state index < -0.39 is 4.92 Å². The molecular weight excluding hydrogens is 268 g/mol. The highest BCUT2D eigenvalue weighted by Gasteiger charge is 2.10. The Morgan fingerprint density at radius 3 is 2.48 bits per heavy atom. The van der Waals surface area contributed by atoms with Crippen LogP contribution in [-0.4, -0.2) is 12.0 Å². The molecule has 2 aromatic rings. The number of hydrogen-bond acceptors (Lipinski definition) is 4. The highest BCUT2D eigenvalue weighted by molar-refractivity contribution is 5.46. The summed E-state index contributed by atoms with van der Waals surface area (Å²) >= 11 is 0. The number of nitrogens with one attached hydrogen (secondary N) is 1. The first-order valence-electron chi connectivity index (χ1n) is 6.68. The van der Waals surface area contributed by atoms with Gasteiger partial charge >= 0.3 is 0 Å². The zero-order chi connectivity index (χ0) is 15.4. The van der Waals surface area contributed by atoms with Gasteiger partial charge in [0.2, 0.25) is 0 Å². The summed E-state index contributed by atoms with van der Waals surface area (Å²) in [6, 6.07) is 10.6. The lowest BCUT2D eigenvalue weighted by atomic mass is 10.1. The molecule has 0 amide bonds. The molecule has 0 saturated carbocycles. The largest absolute Gasteiger partial charge is 0.457 e. The van der Waals surface area contributed by atoms with Crippen LogP contribution < -0.4 is 10.1 Å². The minimum Gasteiger partial charge on any atom is -0.457 e. The number of nitro benzene ring substituents is 1. The van der Waals surface area contributed by atoms with E-state index in [2.05, 4.69) is 5.32 Å². The van der Waals surface area contributed by atoms with E-state index in [-0.39, 0.29) is 5.69 Å². The number of non-ortho nitro benzene ring substituents is 1. The molecule has 110 valence electrons. The molecule has 2 rings (SSSR count). The fourth-order valence-corrected chi connectivity index (χ4v) is 2.05. The Hall–Kier alpha value is -2.40. The van der Waals surface area contributed by atoms with Gasteiger partial charge in [0.1, 0.15) is 11.5 Å². The Balaban J connectivity index is 2.29. The molecule has 5 heteroatoms. The van der Waals surface area contributed by atoms with Crippen LogP contribution in [0.3, 0.4) is 0 Å². The second-order valence-electron chi connectivity index (χ2n) is 4.94. The van der Waals surface area contributed by atoms with E-state index in [0.29, 0.717) is 5.75 Å². The molecule has 0 radical (unpaired) electrons. The maximum atomic E-state index is 10.8. The molecule has 0 spiro atoms. The topological polar surface area (TPSA) is 64.4 Å². The number of rotatable bonds is 5. The normalized spacial score (nSPS) is 10.4. The molecule has 21 heavy (non-hydrogen) atoms. The Kier molecular flexibility index (Phi) is 4.55. The van der Waals surface area contributed by atoms with Crippen LogP contribution in [0.25, 0.3) is 0 Å². The van der Waals surface area contributed by atoms with Gasteiger partial charge in [0, 0.05) is 18.7 Å². The van der Waals surface area contributed by atoms with Gasteiger partial charge < -0.3 is 10.1 Å². The molecular formula is C16H18N2O3. The molecule has 0 bridgehead atoms. The van der Waals surface area contributed by atoms with Gasteiger partial charge in [0.05, 0.1) is 4.92 Å². The highest BCUT2D eigenvalue weighted by Crippen LogP contribution is 2.30. The lowest BCUT2D eigenvalue weighted by Crippen LogP contribution is -2.05. The van der Waals surface area contributed by atoms with E-state index in [4.69, 9.17) is 4.74 Å². The quantitative estimate of drug-likeness (QED) is 0.672. The summed E-state index contributed by atoms with van der Waals surface area (Å²) in [7, 11) is 1.89. The van der Waals surface area contributed by atoms with Crippen molar-refractivity contribution in [3.63, 3.8) is 0 Å². The van der Waals surface area contributed by atoms with Crippen molar-refractivity contribution in [3.05, 3.63) is 63.2 Å². The molecule has 1 N–H and O–H groups in total. The maximum absolute atomic E-state index is 10.8. The monoisotopic (exact) mass is 286 g/mol. The molecule has 2 aromatic carbocycles. The van der Waals surface area contributed by atoms with Crippen LogP contribution in [-0.2, 0) is 6.54 Å². The summed E-state index contributed by atoms with van der Waals surface area (Å²) in [5.74, 6) is 1.39. The molecule has 0 heterocycles. The average molecular weight is 286 g/mol. The zero-order valence-corrected chi connectivity index (χ0v) is 12.3. The van der Waals surface area contributed by atoms with E-state index >= 15 is 0 Å². The maximum Gasteiger partial charge on any atom is 0.269 e. The third-order valence-corrected chi connectivity index (χ3v) is 3.22. The number of hydrogen-bond donors (Lipinski definition) is 1. The highest BCUT2D eigenvalue weighted by atomic mass is 16.6. The van der Waals surface area contributed by atoms with Crippen LogP contribution in [0.4, 0.5) is 5.69 Å². The second kappa shape index (κ2) is 6.37. The minimum atomic E-state index is -0.407. The van der Waals surface area contributed by atoms with Crippen molar-refractivity contribution in [2.24, 2.45) is 0 Å². The van der Waals surface area contributed by atoms with E-state index in [1.165, 1.54) is 12.1 Å². The van der Waals surface area contributed by atoms with E-state index in [9.17, 15) is 10.1 Å². The van der Waals surface area contributed by atoms with Crippen molar-refractivity contribution < 1.29 is 9.66 Å². The lowest BCUT2D eigenvalue weighted by Gasteiger charge is -2.12. The molecule has 0 aliphatic rings. The smallest absolute Gasteiger partial charge is 0.269 e. The first-order chi connectivity index (χ1) is 10.0. The molecule has 0 aromatic heterocycles. The first kappa shape index (κ1) is 15.0. The van der Waals surface area contributed by atoms with Crippen LogP contribution in [0.15, 0.2) is 36.4 Å². The summed E-state index contributed by atoms with van der Waals surface area (Å²) in [6.45, 7) is 4.53. The third-order valence-electron chi connectivity index (χ3n) is 3.22. The van der Waals surface area contributed by atoms with E-state index in [1.807, 2.05) is 32.2 Å². The predicted molar refractivity (Wildman–Crippen MR) is 81.9 cm³/mol. The Labute approximate surface area is 123 Å². The van der Waals surface area contributed by atoms with Gasteiger partial charge in [-0.2, -0.15) is 0 Å². The van der Waals surface area contributed by atoms with Crippen molar-refractivity contribution in [2.45, 2.75) is 20.4 Å². The molecule has 0 unspecified atom stereocenters. The summed E-state index contributed by atoms with van der Waals surface area (Å²) in [5.41, 5.74) is 2.95. The van der Waals surface area contributed by atoms with Crippen molar-refractivity contribution >= 4 is 5.69 Å². The number of ether oxygens (including phenoxy) is 1. The number of aryl methyl sites for hydroxylation is 2. The van der Waals surface area contributed by atoms with Gasteiger partial charge in [-0.3, -0.25) is 10.1 Å². The third kappa shape index (κ3) is 3.58. The van der Waals surface area contributed by atoms with Crippen LogP contribution in [0.5, 0.6) is 11.5 Å². The Bertz CT molecular complexity index is 669. The molecule has 0 saturated heterocycles. The molecule has 0 aliphatic carbocycles. The number of benzene rings is 2. The Morgan fingerprint density at radius 2 is 1.86 bits per heavy atom. The van der Waals surface area contributed by atoms with E-state index in [0.717, 1.165) is 29.0 Å². The predicted octanol–water partition coefficient (Wildman–Crippen LogP) is 3.72. The fraction of sp³-hybridized carbons (Fsp3) is 0.250. The van der Waals surface area contributed by atoms with Gasteiger partial charge in [-0.15, -0.1) is 0 Å². The second-order valence-corrected chi connectivity index (χ2v) is 4.94. The summed E-state index contributed by atoms with van der Waals surface area (Å²) in [4.78, 5) is 10.3. The first-order valence-corrected chi connectivity index (χ1v) is 6.68. The summed E-state index contributed by atoms with van der Waals surface area (Å²) in [6.07, 6.45) is 0.